The quantitative estimate of drug-likeness (QED) is 0.147. The highest BCUT2D eigenvalue weighted by molar-refractivity contribution is 5.86. The van der Waals surface area contributed by atoms with Crippen molar-refractivity contribution in [1.29, 1.82) is 0 Å². The van der Waals surface area contributed by atoms with Crippen LogP contribution in [-0.4, -0.2) is 47.5 Å². The van der Waals surface area contributed by atoms with Crippen molar-refractivity contribution < 1.29 is 28.6 Å². The maximum Gasteiger partial charge on any atom is 0.309 e. The molecule has 0 aliphatic carbocycles. The molecule has 3 aromatic rings. The number of esters is 1. The molecule has 0 fully saturated rings. The third-order valence-corrected chi connectivity index (χ3v) is 7.27. The summed E-state index contributed by atoms with van der Waals surface area (Å²) in [5, 5.41) is 12.6. The topological polar surface area (TPSA) is 95.9 Å². The summed E-state index contributed by atoms with van der Waals surface area (Å²) in [5.41, 5.74) is 2.45. The fourth-order valence-corrected chi connectivity index (χ4v) is 4.89. The van der Waals surface area contributed by atoms with Crippen molar-refractivity contribution in [2.24, 2.45) is 11.8 Å². The van der Waals surface area contributed by atoms with Crippen molar-refractivity contribution in [3.05, 3.63) is 133 Å². The zero-order valence-corrected chi connectivity index (χ0v) is 24.9. The molecule has 0 heterocycles. The highest BCUT2D eigenvalue weighted by Crippen LogP contribution is 2.21. The summed E-state index contributed by atoms with van der Waals surface area (Å²) in [6, 6.07) is 23.9. The van der Waals surface area contributed by atoms with E-state index in [0.29, 0.717) is 19.4 Å². The minimum absolute atomic E-state index is 0.0783. The standard InChI is InChI=1S/C36H41FN2O5/c1-3-11-30(24-34(41)39(21-22-40)25-28-13-7-5-8-14-28)35(42)38-33(29-15-9-6-10-16-29)26-44-36(43)31(12-4-2)23-27-17-19-32(37)20-18-27/h3-10,13-20,30-31,33,40H,1-2,11-12,21-26H2,(H,38,42)/t30-,31-,33+/m0/s1. The molecule has 2 N–H and O–H groups in total. The average Bonchev–Trinajstić information content (AvgIpc) is 3.04. The van der Waals surface area contributed by atoms with Crippen LogP contribution >= 0.6 is 0 Å². The first kappa shape index (κ1) is 33.9. The van der Waals surface area contributed by atoms with Gasteiger partial charge in [-0.25, -0.2) is 4.39 Å². The number of nitrogens with one attached hydrogen (secondary N) is 1. The van der Waals surface area contributed by atoms with Gasteiger partial charge in [0.1, 0.15) is 12.4 Å². The van der Waals surface area contributed by atoms with Crippen LogP contribution < -0.4 is 5.32 Å². The smallest absolute Gasteiger partial charge is 0.309 e. The number of hydrogen-bond acceptors (Lipinski definition) is 5. The van der Waals surface area contributed by atoms with Crippen molar-refractivity contribution in [3.63, 3.8) is 0 Å². The third-order valence-electron chi connectivity index (χ3n) is 7.27. The molecule has 0 aliphatic heterocycles. The van der Waals surface area contributed by atoms with Gasteiger partial charge in [0.15, 0.2) is 0 Å². The van der Waals surface area contributed by atoms with Gasteiger partial charge in [0, 0.05) is 19.5 Å². The van der Waals surface area contributed by atoms with Crippen LogP contribution in [-0.2, 0) is 32.1 Å². The molecule has 0 unspecified atom stereocenters. The van der Waals surface area contributed by atoms with E-state index in [1.165, 1.54) is 17.0 Å². The number of allylic oxidation sites excluding steroid dienone is 2. The van der Waals surface area contributed by atoms with Crippen molar-refractivity contribution in [2.45, 2.75) is 38.3 Å². The Balaban J connectivity index is 1.71. The second kappa shape index (κ2) is 18.2. The molecule has 3 aromatic carbocycles. The molecular weight excluding hydrogens is 559 g/mol. The summed E-state index contributed by atoms with van der Waals surface area (Å²) in [4.78, 5) is 41.6. The van der Waals surface area contributed by atoms with Crippen molar-refractivity contribution in [3.8, 4) is 0 Å². The van der Waals surface area contributed by atoms with Crippen LogP contribution in [0.5, 0.6) is 0 Å². The van der Waals surface area contributed by atoms with Gasteiger partial charge in [0.25, 0.3) is 0 Å². The van der Waals surface area contributed by atoms with Crippen molar-refractivity contribution >= 4 is 17.8 Å². The van der Waals surface area contributed by atoms with Crippen LogP contribution in [0.15, 0.2) is 110 Å². The lowest BCUT2D eigenvalue weighted by Gasteiger charge is -2.26. The fraction of sp³-hybridized carbons (Fsp3) is 0.306. The second-order valence-electron chi connectivity index (χ2n) is 10.6. The summed E-state index contributed by atoms with van der Waals surface area (Å²) in [7, 11) is 0. The van der Waals surface area contributed by atoms with E-state index in [0.717, 1.165) is 16.7 Å². The summed E-state index contributed by atoms with van der Waals surface area (Å²) in [6.45, 7) is 7.65. The molecule has 0 spiro atoms. The summed E-state index contributed by atoms with van der Waals surface area (Å²) < 4.78 is 19.1. The fourth-order valence-electron chi connectivity index (χ4n) is 4.89. The van der Waals surface area contributed by atoms with Crippen LogP contribution in [0.1, 0.15) is 42.0 Å². The molecule has 3 atom stereocenters. The number of rotatable bonds is 18. The molecule has 3 rings (SSSR count). The lowest BCUT2D eigenvalue weighted by atomic mass is 9.96. The van der Waals surface area contributed by atoms with Gasteiger partial charge in [0.05, 0.1) is 24.5 Å². The van der Waals surface area contributed by atoms with E-state index in [9.17, 15) is 23.9 Å². The first-order chi connectivity index (χ1) is 21.3. The number of benzene rings is 3. The van der Waals surface area contributed by atoms with Gasteiger partial charge < -0.3 is 20.1 Å². The largest absolute Gasteiger partial charge is 0.463 e. The van der Waals surface area contributed by atoms with E-state index < -0.39 is 23.8 Å². The monoisotopic (exact) mass is 600 g/mol. The molecule has 232 valence electrons. The Morgan fingerprint density at radius 3 is 2.09 bits per heavy atom. The number of carbonyl (C=O) groups is 3. The minimum atomic E-state index is -0.717. The number of aliphatic hydroxyl groups excluding tert-OH is 1. The number of nitrogens with zero attached hydrogens (tertiary/aromatic N) is 1. The average molecular weight is 601 g/mol. The number of amides is 2. The number of aliphatic hydroxyl groups is 1. The van der Waals surface area contributed by atoms with Gasteiger partial charge in [-0.1, -0.05) is 84.9 Å². The van der Waals surface area contributed by atoms with E-state index in [-0.39, 0.29) is 50.2 Å². The molecule has 7 nitrogen and oxygen atoms in total. The molecule has 0 aromatic heterocycles. The predicted octanol–water partition coefficient (Wildman–Crippen LogP) is 5.56. The molecule has 0 saturated heterocycles. The van der Waals surface area contributed by atoms with Crippen molar-refractivity contribution in [2.75, 3.05) is 19.8 Å². The Kier molecular flexibility index (Phi) is 14.0. The third kappa shape index (κ3) is 10.9. The zero-order valence-electron chi connectivity index (χ0n) is 24.9. The SMILES string of the molecule is C=CC[C@@H](CC(=O)N(CCO)Cc1ccccc1)C(=O)N[C@H](COC(=O)[C@@H](CC=C)Cc1ccc(F)cc1)c1ccccc1. The lowest BCUT2D eigenvalue weighted by Crippen LogP contribution is -2.40. The number of hydrogen-bond donors (Lipinski definition) is 2. The maximum atomic E-state index is 13.6. The molecule has 0 bridgehead atoms. The number of carbonyl (C=O) groups excluding carboxylic acids is 3. The van der Waals surface area contributed by atoms with Crippen LogP contribution in [0.4, 0.5) is 4.39 Å². The first-order valence-corrected chi connectivity index (χ1v) is 14.7. The molecule has 0 saturated carbocycles. The predicted molar refractivity (Wildman–Crippen MR) is 169 cm³/mol. The molecule has 8 heteroatoms. The molecule has 0 aliphatic rings. The van der Waals surface area contributed by atoms with Gasteiger partial charge in [-0.05, 0) is 48.1 Å². The molecule has 0 radical (unpaired) electrons. The Morgan fingerprint density at radius 2 is 1.48 bits per heavy atom. The van der Waals surface area contributed by atoms with Gasteiger partial charge in [-0.3, -0.25) is 14.4 Å². The van der Waals surface area contributed by atoms with E-state index in [2.05, 4.69) is 18.5 Å². The first-order valence-electron chi connectivity index (χ1n) is 14.7. The van der Waals surface area contributed by atoms with Crippen LogP contribution in [0.3, 0.4) is 0 Å². The zero-order chi connectivity index (χ0) is 31.7. The normalized spacial score (nSPS) is 12.8. The Hall–Kier alpha value is -4.56. The van der Waals surface area contributed by atoms with E-state index in [1.54, 1.807) is 24.3 Å². The summed E-state index contributed by atoms with van der Waals surface area (Å²) >= 11 is 0. The van der Waals surface area contributed by atoms with Gasteiger partial charge in [-0.15, -0.1) is 13.2 Å². The maximum absolute atomic E-state index is 13.6. The Bertz CT molecular complexity index is 1350. The van der Waals surface area contributed by atoms with Crippen LogP contribution in [0.2, 0.25) is 0 Å². The summed E-state index contributed by atoms with van der Waals surface area (Å²) in [5.74, 6) is -2.69. The number of ether oxygens (including phenoxy) is 1. The van der Waals surface area contributed by atoms with Gasteiger partial charge >= 0.3 is 5.97 Å². The highest BCUT2D eigenvalue weighted by Gasteiger charge is 2.28. The van der Waals surface area contributed by atoms with Gasteiger partial charge in [0.2, 0.25) is 11.8 Å². The molecule has 44 heavy (non-hydrogen) atoms. The van der Waals surface area contributed by atoms with Crippen LogP contribution in [0, 0.1) is 17.7 Å². The Morgan fingerprint density at radius 1 is 0.864 bits per heavy atom. The lowest BCUT2D eigenvalue weighted by molar-refractivity contribution is -0.150. The van der Waals surface area contributed by atoms with Crippen molar-refractivity contribution in [1.82, 2.24) is 10.2 Å². The van der Waals surface area contributed by atoms with Crippen LogP contribution in [0.25, 0.3) is 0 Å². The van der Waals surface area contributed by atoms with E-state index >= 15 is 0 Å². The molecular formula is C36H41FN2O5. The van der Waals surface area contributed by atoms with E-state index in [4.69, 9.17) is 4.74 Å². The number of halogens is 1. The van der Waals surface area contributed by atoms with E-state index in [1.807, 2.05) is 60.7 Å². The molecule has 2 amide bonds. The second-order valence-corrected chi connectivity index (χ2v) is 10.6. The Labute approximate surface area is 259 Å². The summed E-state index contributed by atoms with van der Waals surface area (Å²) in [6.07, 6.45) is 4.14. The minimum Gasteiger partial charge on any atom is -0.463 e. The van der Waals surface area contributed by atoms with Gasteiger partial charge in [-0.2, -0.15) is 0 Å². The highest BCUT2D eigenvalue weighted by atomic mass is 19.1.